The molecule has 0 spiro atoms. The molecule has 1 heterocycles. The van der Waals surface area contributed by atoms with E-state index in [1.807, 2.05) is 25.1 Å². The molecule has 0 bridgehead atoms. The van der Waals surface area contributed by atoms with E-state index < -0.39 is 0 Å². The van der Waals surface area contributed by atoms with E-state index in [9.17, 15) is 4.79 Å². The van der Waals surface area contributed by atoms with Gasteiger partial charge in [0.2, 0.25) is 5.91 Å². The number of carbonyl (C=O) groups excluding carboxylic acids is 1. The average molecular weight is 290 g/mol. The highest BCUT2D eigenvalue weighted by atomic mass is 16.3. The lowest BCUT2D eigenvalue weighted by Gasteiger charge is -2.34. The number of aliphatic hydroxyl groups excluding tert-OH is 1. The molecular weight excluding hydrogens is 264 g/mol. The van der Waals surface area contributed by atoms with Gasteiger partial charge in [0.1, 0.15) is 0 Å². The van der Waals surface area contributed by atoms with Crippen LogP contribution >= 0.6 is 0 Å². The maximum Gasteiger partial charge on any atom is 0.238 e. The second-order valence-corrected chi connectivity index (χ2v) is 5.98. The minimum Gasteiger partial charge on any atom is -0.396 e. The Hall–Kier alpha value is -1.39. The first-order valence-electron chi connectivity index (χ1n) is 7.82. The highest BCUT2D eigenvalue weighted by Gasteiger charge is 2.23. The Bertz CT molecular complexity index is 486. The quantitative estimate of drug-likeness (QED) is 0.876. The number of amides is 1. The lowest BCUT2D eigenvalue weighted by molar-refractivity contribution is -0.118. The maximum absolute atomic E-state index is 12.2. The van der Waals surface area contributed by atoms with Crippen LogP contribution in [0.4, 0.5) is 5.69 Å². The van der Waals surface area contributed by atoms with Crippen LogP contribution in [0, 0.1) is 13.8 Å². The second kappa shape index (κ2) is 7.57. The predicted molar refractivity (Wildman–Crippen MR) is 85.5 cm³/mol. The van der Waals surface area contributed by atoms with E-state index in [0.717, 1.165) is 31.5 Å². The van der Waals surface area contributed by atoms with Crippen molar-refractivity contribution < 1.29 is 9.90 Å². The fourth-order valence-corrected chi connectivity index (χ4v) is 2.95. The van der Waals surface area contributed by atoms with Crippen LogP contribution in [-0.4, -0.2) is 41.7 Å². The van der Waals surface area contributed by atoms with Crippen molar-refractivity contribution in [1.82, 2.24) is 4.90 Å². The molecule has 116 valence electrons. The summed E-state index contributed by atoms with van der Waals surface area (Å²) in [5.74, 6) is 0.0306. The van der Waals surface area contributed by atoms with Gasteiger partial charge in [0.05, 0.1) is 6.54 Å². The number of piperidine rings is 1. The normalized spacial score (nSPS) is 19.5. The number of carbonyl (C=O) groups is 1. The van der Waals surface area contributed by atoms with Crippen LogP contribution in [0.5, 0.6) is 0 Å². The van der Waals surface area contributed by atoms with Crippen molar-refractivity contribution in [2.75, 3.05) is 25.0 Å². The Kier molecular flexibility index (Phi) is 5.76. The average Bonchev–Trinajstić information content (AvgIpc) is 2.45. The molecule has 1 amide bonds. The van der Waals surface area contributed by atoms with Crippen molar-refractivity contribution in [2.24, 2.45) is 0 Å². The molecule has 0 saturated carbocycles. The summed E-state index contributed by atoms with van der Waals surface area (Å²) in [5.41, 5.74) is 3.27. The number of hydrogen-bond acceptors (Lipinski definition) is 3. The van der Waals surface area contributed by atoms with Gasteiger partial charge in [-0.1, -0.05) is 12.5 Å². The molecule has 1 aromatic rings. The third kappa shape index (κ3) is 4.55. The fraction of sp³-hybridized carbons (Fsp3) is 0.588. The number of hydrogen-bond donors (Lipinski definition) is 2. The number of aryl methyl sites for hydroxylation is 2. The minimum atomic E-state index is 0.0306. The molecule has 0 aromatic heterocycles. The molecule has 4 nitrogen and oxygen atoms in total. The summed E-state index contributed by atoms with van der Waals surface area (Å²) >= 11 is 0. The van der Waals surface area contributed by atoms with Gasteiger partial charge in [0.25, 0.3) is 0 Å². The zero-order valence-electron chi connectivity index (χ0n) is 13.1. The molecule has 21 heavy (non-hydrogen) atoms. The van der Waals surface area contributed by atoms with Crippen molar-refractivity contribution in [1.29, 1.82) is 0 Å². The summed E-state index contributed by atoms with van der Waals surface area (Å²) in [5, 5.41) is 12.1. The molecule has 2 N–H and O–H groups in total. The van der Waals surface area contributed by atoms with Gasteiger partial charge in [-0.3, -0.25) is 9.69 Å². The SMILES string of the molecule is Cc1ccc(NC(=O)CN2CCCCC2CCO)cc1C. The zero-order valence-corrected chi connectivity index (χ0v) is 13.1. The first-order chi connectivity index (χ1) is 10.1. The van der Waals surface area contributed by atoms with Crippen molar-refractivity contribution in [3.63, 3.8) is 0 Å². The van der Waals surface area contributed by atoms with E-state index in [1.54, 1.807) is 0 Å². The van der Waals surface area contributed by atoms with Crippen molar-refractivity contribution >= 4 is 11.6 Å². The molecule has 1 fully saturated rings. The Balaban J connectivity index is 1.92. The fourth-order valence-electron chi connectivity index (χ4n) is 2.95. The monoisotopic (exact) mass is 290 g/mol. The number of aliphatic hydroxyl groups is 1. The smallest absolute Gasteiger partial charge is 0.238 e. The highest BCUT2D eigenvalue weighted by molar-refractivity contribution is 5.92. The third-order valence-electron chi connectivity index (χ3n) is 4.35. The first-order valence-corrected chi connectivity index (χ1v) is 7.82. The van der Waals surface area contributed by atoms with Gasteiger partial charge in [0.15, 0.2) is 0 Å². The molecule has 1 unspecified atom stereocenters. The van der Waals surface area contributed by atoms with Gasteiger partial charge < -0.3 is 10.4 Å². The molecule has 1 aliphatic rings. The van der Waals surface area contributed by atoms with Gasteiger partial charge in [-0.15, -0.1) is 0 Å². The largest absolute Gasteiger partial charge is 0.396 e. The molecule has 1 aliphatic heterocycles. The number of likely N-dealkylation sites (tertiary alicyclic amines) is 1. The summed E-state index contributed by atoms with van der Waals surface area (Å²) in [6.07, 6.45) is 4.17. The van der Waals surface area contributed by atoms with E-state index in [1.165, 1.54) is 17.5 Å². The molecule has 4 heteroatoms. The van der Waals surface area contributed by atoms with Crippen LogP contribution < -0.4 is 5.32 Å². The number of rotatable bonds is 5. The van der Waals surface area contributed by atoms with Gasteiger partial charge in [-0.05, 0) is 62.9 Å². The lowest BCUT2D eigenvalue weighted by atomic mass is 9.99. The molecule has 0 radical (unpaired) electrons. The van der Waals surface area contributed by atoms with E-state index in [2.05, 4.69) is 17.1 Å². The number of nitrogens with zero attached hydrogens (tertiary/aromatic N) is 1. The van der Waals surface area contributed by atoms with Crippen molar-refractivity contribution in [2.45, 2.75) is 45.6 Å². The van der Waals surface area contributed by atoms with Crippen molar-refractivity contribution in [3.05, 3.63) is 29.3 Å². The van der Waals surface area contributed by atoms with Crippen LogP contribution in [0.15, 0.2) is 18.2 Å². The third-order valence-corrected chi connectivity index (χ3v) is 4.35. The number of benzene rings is 1. The summed E-state index contributed by atoms with van der Waals surface area (Å²) in [6.45, 7) is 5.67. The molecule has 0 aliphatic carbocycles. The standard InChI is InChI=1S/C17H26N2O2/c1-13-6-7-15(11-14(13)2)18-17(21)12-19-9-4-3-5-16(19)8-10-20/h6-7,11,16,20H,3-5,8-10,12H2,1-2H3,(H,18,21). The van der Waals surface area contributed by atoms with Crippen LogP contribution in [-0.2, 0) is 4.79 Å². The predicted octanol–water partition coefficient (Wildman–Crippen LogP) is 2.48. The van der Waals surface area contributed by atoms with E-state index in [-0.39, 0.29) is 12.5 Å². The Morgan fingerprint density at radius 3 is 2.86 bits per heavy atom. The van der Waals surface area contributed by atoms with Gasteiger partial charge in [-0.25, -0.2) is 0 Å². The molecule has 2 rings (SSSR count). The number of nitrogens with one attached hydrogen (secondary N) is 1. The maximum atomic E-state index is 12.2. The van der Waals surface area contributed by atoms with Crippen LogP contribution in [0.3, 0.4) is 0 Å². The Morgan fingerprint density at radius 1 is 1.33 bits per heavy atom. The van der Waals surface area contributed by atoms with Gasteiger partial charge >= 0.3 is 0 Å². The van der Waals surface area contributed by atoms with Crippen LogP contribution in [0.2, 0.25) is 0 Å². The zero-order chi connectivity index (χ0) is 15.2. The van der Waals surface area contributed by atoms with E-state index in [0.29, 0.717) is 12.6 Å². The Labute approximate surface area is 127 Å². The molecular formula is C17H26N2O2. The summed E-state index contributed by atoms with van der Waals surface area (Å²) in [4.78, 5) is 14.4. The van der Waals surface area contributed by atoms with E-state index in [4.69, 9.17) is 5.11 Å². The summed E-state index contributed by atoms with van der Waals surface area (Å²) in [7, 11) is 0. The molecule has 1 saturated heterocycles. The topological polar surface area (TPSA) is 52.6 Å². The summed E-state index contributed by atoms with van der Waals surface area (Å²) < 4.78 is 0. The highest BCUT2D eigenvalue weighted by Crippen LogP contribution is 2.19. The second-order valence-electron chi connectivity index (χ2n) is 5.98. The molecule has 1 aromatic carbocycles. The summed E-state index contributed by atoms with van der Waals surface area (Å²) in [6, 6.07) is 6.32. The van der Waals surface area contributed by atoms with Crippen LogP contribution in [0.1, 0.15) is 36.8 Å². The lowest BCUT2D eigenvalue weighted by Crippen LogP contribution is -2.44. The number of anilines is 1. The van der Waals surface area contributed by atoms with Crippen molar-refractivity contribution in [3.8, 4) is 0 Å². The Morgan fingerprint density at radius 2 is 2.14 bits per heavy atom. The van der Waals surface area contributed by atoms with Gasteiger partial charge in [-0.2, -0.15) is 0 Å². The molecule has 1 atom stereocenters. The van der Waals surface area contributed by atoms with Gasteiger partial charge in [0, 0.05) is 18.3 Å². The van der Waals surface area contributed by atoms with Crippen LogP contribution in [0.25, 0.3) is 0 Å². The first kappa shape index (κ1) is 16.0. The minimum absolute atomic E-state index is 0.0306. The van der Waals surface area contributed by atoms with E-state index >= 15 is 0 Å².